The maximum atomic E-state index is 12.9. The third-order valence-electron chi connectivity index (χ3n) is 5.00. The first-order valence-electron chi connectivity index (χ1n) is 9.46. The first-order valence-corrected chi connectivity index (χ1v) is 10.3. The highest BCUT2D eigenvalue weighted by atomic mass is 32.2. The Bertz CT molecular complexity index is 768. The minimum atomic E-state index is 0.0217. The van der Waals surface area contributed by atoms with E-state index < -0.39 is 0 Å². The summed E-state index contributed by atoms with van der Waals surface area (Å²) in [5, 5.41) is 0.892. The summed E-state index contributed by atoms with van der Waals surface area (Å²) < 4.78 is 5.37. The number of hydrogen-bond acceptors (Lipinski definition) is 6. The first kappa shape index (κ1) is 18.3. The highest BCUT2D eigenvalue weighted by Gasteiger charge is 2.31. The lowest BCUT2D eigenvalue weighted by molar-refractivity contribution is -0.139. The van der Waals surface area contributed by atoms with Crippen LogP contribution in [0.2, 0.25) is 0 Å². The summed E-state index contributed by atoms with van der Waals surface area (Å²) in [7, 11) is 0. The molecule has 0 aliphatic carbocycles. The van der Waals surface area contributed by atoms with Crippen molar-refractivity contribution in [3.63, 3.8) is 0 Å². The summed E-state index contributed by atoms with van der Waals surface area (Å²) in [6, 6.07) is 10.2. The van der Waals surface area contributed by atoms with Gasteiger partial charge in [0, 0.05) is 43.5 Å². The Balaban J connectivity index is 1.49. The van der Waals surface area contributed by atoms with E-state index in [1.807, 2.05) is 23.1 Å². The second kappa shape index (κ2) is 8.71. The second-order valence-electron chi connectivity index (χ2n) is 6.82. The normalized spacial score (nSPS) is 20.5. The average molecular weight is 385 g/mol. The molecule has 1 unspecified atom stereocenters. The van der Waals surface area contributed by atoms with Gasteiger partial charge in [-0.05, 0) is 25.0 Å². The molecular formula is C20H24N4O2S. The summed E-state index contributed by atoms with van der Waals surface area (Å²) in [4.78, 5) is 27.4. The standard InChI is InChI=1S/C20H24N4O2S/c25-20(23-11-13-26-14-12-23)16-5-4-10-24(15-16)18-19(22-9-8-21-18)27-17-6-2-1-3-7-17/h1-3,6-9,16H,4-5,10-15H2. The summed E-state index contributed by atoms with van der Waals surface area (Å²) in [5.74, 6) is 1.16. The van der Waals surface area contributed by atoms with E-state index in [0.29, 0.717) is 32.8 Å². The van der Waals surface area contributed by atoms with E-state index in [1.54, 1.807) is 24.2 Å². The summed E-state index contributed by atoms with van der Waals surface area (Å²) in [6.45, 7) is 4.31. The van der Waals surface area contributed by atoms with Gasteiger partial charge in [0.05, 0.1) is 19.1 Å². The van der Waals surface area contributed by atoms with Gasteiger partial charge in [-0.2, -0.15) is 0 Å². The van der Waals surface area contributed by atoms with Crippen LogP contribution in [-0.2, 0) is 9.53 Å². The fourth-order valence-corrected chi connectivity index (χ4v) is 4.52. The Hall–Kier alpha value is -2.12. The summed E-state index contributed by atoms with van der Waals surface area (Å²) >= 11 is 1.62. The fourth-order valence-electron chi connectivity index (χ4n) is 3.62. The van der Waals surface area contributed by atoms with Gasteiger partial charge in [0.15, 0.2) is 5.82 Å². The van der Waals surface area contributed by atoms with Crippen LogP contribution in [-0.4, -0.2) is 60.2 Å². The van der Waals surface area contributed by atoms with Gasteiger partial charge in [-0.3, -0.25) is 4.79 Å². The maximum Gasteiger partial charge on any atom is 0.227 e. The van der Waals surface area contributed by atoms with E-state index in [-0.39, 0.29) is 11.8 Å². The number of aromatic nitrogens is 2. The number of carbonyl (C=O) groups excluding carboxylic acids is 1. The van der Waals surface area contributed by atoms with Gasteiger partial charge in [0.2, 0.25) is 5.91 Å². The first-order chi connectivity index (χ1) is 13.3. The highest BCUT2D eigenvalue weighted by Crippen LogP contribution is 2.34. The van der Waals surface area contributed by atoms with E-state index >= 15 is 0 Å². The van der Waals surface area contributed by atoms with Crippen LogP contribution in [0.1, 0.15) is 12.8 Å². The molecule has 6 nitrogen and oxygen atoms in total. The van der Waals surface area contributed by atoms with E-state index in [4.69, 9.17) is 4.74 Å². The van der Waals surface area contributed by atoms with Crippen molar-refractivity contribution in [3.8, 4) is 0 Å². The van der Waals surface area contributed by atoms with E-state index in [0.717, 1.165) is 35.1 Å². The van der Waals surface area contributed by atoms with Crippen molar-refractivity contribution >= 4 is 23.5 Å². The minimum Gasteiger partial charge on any atom is -0.378 e. The number of morpholine rings is 1. The molecule has 1 aromatic carbocycles. The fraction of sp³-hybridized carbons (Fsp3) is 0.450. The number of nitrogens with zero attached hydrogens (tertiary/aromatic N) is 4. The van der Waals surface area contributed by atoms with Gasteiger partial charge in [-0.25, -0.2) is 9.97 Å². The smallest absolute Gasteiger partial charge is 0.227 e. The van der Waals surface area contributed by atoms with Crippen molar-refractivity contribution in [2.24, 2.45) is 5.92 Å². The number of piperidine rings is 1. The topological polar surface area (TPSA) is 58.6 Å². The van der Waals surface area contributed by atoms with E-state index in [9.17, 15) is 4.79 Å². The zero-order chi connectivity index (χ0) is 18.5. The third-order valence-corrected chi connectivity index (χ3v) is 5.99. The Morgan fingerprint density at radius 2 is 1.85 bits per heavy atom. The van der Waals surface area contributed by atoms with Gasteiger partial charge in [0.1, 0.15) is 5.03 Å². The average Bonchev–Trinajstić information content (AvgIpc) is 2.75. The quantitative estimate of drug-likeness (QED) is 0.808. The molecule has 0 spiro atoms. The van der Waals surface area contributed by atoms with Gasteiger partial charge in [-0.15, -0.1) is 0 Å². The lowest BCUT2D eigenvalue weighted by Gasteiger charge is -2.37. The molecule has 4 rings (SSSR count). The van der Waals surface area contributed by atoms with Crippen molar-refractivity contribution in [1.82, 2.24) is 14.9 Å². The van der Waals surface area contributed by atoms with E-state index in [1.165, 1.54) is 0 Å². The number of amides is 1. The van der Waals surface area contributed by atoms with Crippen LogP contribution < -0.4 is 4.90 Å². The zero-order valence-corrected chi connectivity index (χ0v) is 16.1. The molecule has 1 amide bonds. The molecule has 3 heterocycles. The second-order valence-corrected chi connectivity index (χ2v) is 7.89. The Labute approximate surface area is 163 Å². The van der Waals surface area contributed by atoms with Gasteiger partial charge < -0.3 is 14.5 Å². The van der Waals surface area contributed by atoms with Crippen LogP contribution in [0.3, 0.4) is 0 Å². The van der Waals surface area contributed by atoms with Crippen LogP contribution in [0.25, 0.3) is 0 Å². The number of carbonyl (C=O) groups is 1. The van der Waals surface area contributed by atoms with Crippen LogP contribution in [0, 0.1) is 5.92 Å². The predicted molar refractivity (Wildman–Crippen MR) is 105 cm³/mol. The highest BCUT2D eigenvalue weighted by molar-refractivity contribution is 7.99. The third kappa shape index (κ3) is 4.42. The molecule has 27 heavy (non-hydrogen) atoms. The lowest BCUT2D eigenvalue weighted by atomic mass is 9.96. The van der Waals surface area contributed by atoms with Crippen molar-refractivity contribution in [2.45, 2.75) is 22.8 Å². The SMILES string of the molecule is O=C(C1CCCN(c2nccnc2Sc2ccccc2)C1)N1CCOCC1. The Morgan fingerprint density at radius 1 is 1.07 bits per heavy atom. The molecule has 2 aliphatic rings. The molecule has 2 aliphatic heterocycles. The van der Waals surface area contributed by atoms with Crippen molar-refractivity contribution < 1.29 is 9.53 Å². The molecular weight excluding hydrogens is 360 g/mol. The molecule has 2 fully saturated rings. The minimum absolute atomic E-state index is 0.0217. The molecule has 7 heteroatoms. The number of anilines is 1. The molecule has 2 saturated heterocycles. The summed E-state index contributed by atoms with van der Waals surface area (Å²) in [6.07, 6.45) is 5.40. The van der Waals surface area contributed by atoms with Crippen LogP contribution in [0.4, 0.5) is 5.82 Å². The summed E-state index contributed by atoms with van der Waals surface area (Å²) in [5.41, 5.74) is 0. The molecule has 1 aromatic heterocycles. The molecule has 0 radical (unpaired) electrons. The number of ether oxygens (including phenoxy) is 1. The zero-order valence-electron chi connectivity index (χ0n) is 15.3. The largest absolute Gasteiger partial charge is 0.378 e. The monoisotopic (exact) mass is 384 g/mol. The molecule has 0 saturated carbocycles. The van der Waals surface area contributed by atoms with Crippen LogP contribution in [0.5, 0.6) is 0 Å². The molecule has 0 N–H and O–H groups in total. The molecule has 0 bridgehead atoms. The van der Waals surface area contributed by atoms with Crippen LogP contribution >= 0.6 is 11.8 Å². The molecule has 1 atom stereocenters. The van der Waals surface area contributed by atoms with Gasteiger partial charge in [-0.1, -0.05) is 30.0 Å². The van der Waals surface area contributed by atoms with Gasteiger partial charge in [0.25, 0.3) is 0 Å². The molecule has 142 valence electrons. The van der Waals surface area contributed by atoms with Gasteiger partial charge >= 0.3 is 0 Å². The molecule has 2 aromatic rings. The maximum absolute atomic E-state index is 12.9. The lowest BCUT2D eigenvalue weighted by Crippen LogP contribution is -2.48. The predicted octanol–water partition coefficient (Wildman–Crippen LogP) is 2.70. The Morgan fingerprint density at radius 3 is 2.67 bits per heavy atom. The van der Waals surface area contributed by atoms with E-state index in [2.05, 4.69) is 27.0 Å². The Kier molecular flexibility index (Phi) is 5.89. The number of hydrogen-bond donors (Lipinski definition) is 0. The van der Waals surface area contributed by atoms with Crippen molar-refractivity contribution in [3.05, 3.63) is 42.7 Å². The van der Waals surface area contributed by atoms with Crippen molar-refractivity contribution in [2.75, 3.05) is 44.3 Å². The van der Waals surface area contributed by atoms with Crippen molar-refractivity contribution in [1.29, 1.82) is 0 Å². The van der Waals surface area contributed by atoms with Crippen LogP contribution in [0.15, 0.2) is 52.6 Å². The number of benzene rings is 1. The number of rotatable bonds is 4.